The molecule has 0 spiro atoms. The second-order valence-corrected chi connectivity index (χ2v) is 7.95. The van der Waals surface area contributed by atoms with Crippen molar-refractivity contribution in [3.05, 3.63) is 38.4 Å². The van der Waals surface area contributed by atoms with Crippen LogP contribution in [0.4, 0.5) is 0 Å². The Bertz CT molecular complexity index is 665. The molecule has 0 aromatic heterocycles. The van der Waals surface area contributed by atoms with Gasteiger partial charge < -0.3 is 10.8 Å². The van der Waals surface area contributed by atoms with Crippen LogP contribution in [0.5, 0.6) is 0 Å². The topological polar surface area (TPSA) is 83.6 Å². The van der Waals surface area contributed by atoms with Gasteiger partial charge in [0.05, 0.1) is 0 Å². The molecule has 0 saturated carbocycles. The number of benzene rings is 1. The third-order valence-electron chi connectivity index (χ3n) is 3.25. The van der Waals surface area contributed by atoms with Crippen LogP contribution in [0.15, 0.2) is 39.8 Å². The van der Waals surface area contributed by atoms with Gasteiger partial charge in [-0.2, -0.15) is 0 Å². The molecule has 2 heterocycles. The van der Waals surface area contributed by atoms with Crippen LogP contribution < -0.4 is 5.73 Å². The van der Waals surface area contributed by atoms with Gasteiger partial charge in [0.2, 0.25) is 5.91 Å². The summed E-state index contributed by atoms with van der Waals surface area (Å²) in [6.07, 6.45) is 0. The number of hydrogen-bond donors (Lipinski definition) is 2. The first kappa shape index (κ1) is 15.2. The van der Waals surface area contributed by atoms with Crippen LogP contribution >= 0.6 is 46.1 Å². The predicted molar refractivity (Wildman–Crippen MR) is 90.7 cm³/mol. The van der Waals surface area contributed by atoms with E-state index in [0.717, 1.165) is 8.47 Å². The molecule has 2 aliphatic heterocycles. The number of hydrogen-bond acceptors (Lipinski definition) is 5. The molecule has 3 N–H and O–H groups in total. The van der Waals surface area contributed by atoms with Crippen LogP contribution in [0.1, 0.15) is 0 Å². The minimum atomic E-state index is -1.08. The van der Waals surface area contributed by atoms with E-state index in [4.69, 9.17) is 5.73 Å². The van der Waals surface area contributed by atoms with Gasteiger partial charge in [-0.1, -0.05) is 23.9 Å². The summed E-state index contributed by atoms with van der Waals surface area (Å²) in [4.78, 5) is 26.4. The minimum absolute atomic E-state index is 0.0788. The van der Waals surface area contributed by atoms with Gasteiger partial charge in [0, 0.05) is 19.1 Å². The maximum absolute atomic E-state index is 11.9. The minimum Gasteiger partial charge on any atom is -0.477 e. The molecule has 0 aliphatic carbocycles. The monoisotopic (exact) mass is 434 g/mol. The van der Waals surface area contributed by atoms with E-state index in [1.165, 1.54) is 28.4 Å². The van der Waals surface area contributed by atoms with Gasteiger partial charge in [-0.15, -0.1) is 11.8 Å². The maximum Gasteiger partial charge on any atom is 0.353 e. The molecule has 0 bridgehead atoms. The van der Waals surface area contributed by atoms with E-state index >= 15 is 0 Å². The average molecular weight is 434 g/mol. The number of fused-ring (bicyclic) bond motifs is 1. The zero-order valence-electron chi connectivity index (χ0n) is 10.7. The van der Waals surface area contributed by atoms with Crippen LogP contribution in [-0.2, 0) is 9.59 Å². The molecule has 1 saturated heterocycles. The summed E-state index contributed by atoms with van der Waals surface area (Å²) >= 11 is 5.13. The van der Waals surface area contributed by atoms with Gasteiger partial charge in [-0.3, -0.25) is 9.69 Å². The van der Waals surface area contributed by atoms with Crippen LogP contribution in [0.3, 0.4) is 0 Å². The molecule has 2 aliphatic rings. The molecule has 5 nitrogen and oxygen atoms in total. The van der Waals surface area contributed by atoms with Crippen molar-refractivity contribution < 1.29 is 14.7 Å². The smallest absolute Gasteiger partial charge is 0.353 e. The van der Waals surface area contributed by atoms with E-state index in [9.17, 15) is 14.7 Å². The van der Waals surface area contributed by atoms with Gasteiger partial charge in [-0.05, 0) is 34.7 Å². The number of rotatable bonds is 3. The number of halogens is 1. The van der Waals surface area contributed by atoms with Crippen LogP contribution in [-0.4, -0.2) is 39.1 Å². The van der Waals surface area contributed by atoms with Crippen molar-refractivity contribution in [2.75, 3.05) is 5.75 Å². The van der Waals surface area contributed by atoms with Crippen LogP contribution in [0, 0.1) is 3.57 Å². The summed E-state index contributed by atoms with van der Waals surface area (Å²) < 4.78 is 1.05. The van der Waals surface area contributed by atoms with Crippen molar-refractivity contribution in [1.29, 1.82) is 0 Å². The van der Waals surface area contributed by atoms with Crippen LogP contribution in [0.25, 0.3) is 0 Å². The zero-order valence-corrected chi connectivity index (χ0v) is 14.4. The lowest BCUT2D eigenvalue weighted by atomic mass is 10.1. The number of carbonyl (C=O) groups excluding carboxylic acids is 1. The normalized spacial score (nSPS) is 24.7. The Labute approximate surface area is 143 Å². The van der Waals surface area contributed by atoms with Gasteiger partial charge in [0.25, 0.3) is 0 Å². The molecule has 110 valence electrons. The molecule has 0 radical (unpaired) electrons. The first-order valence-corrected chi connectivity index (χ1v) is 9.04. The Morgan fingerprint density at radius 1 is 1.48 bits per heavy atom. The summed E-state index contributed by atoms with van der Waals surface area (Å²) in [5.74, 6) is -0.834. The number of amides is 1. The number of nitrogens with zero attached hydrogens (tertiary/aromatic N) is 1. The molecule has 21 heavy (non-hydrogen) atoms. The van der Waals surface area contributed by atoms with Crippen molar-refractivity contribution >= 4 is 58.0 Å². The predicted octanol–water partition coefficient (Wildman–Crippen LogP) is 1.92. The number of aliphatic carboxylic acids is 1. The molecule has 2 atom stereocenters. The molecule has 1 fully saturated rings. The lowest BCUT2D eigenvalue weighted by molar-refractivity contribution is -0.147. The van der Waals surface area contributed by atoms with Crippen molar-refractivity contribution in [3.8, 4) is 0 Å². The first-order valence-electron chi connectivity index (χ1n) is 6.10. The SMILES string of the molecule is N[C@@H]1C(=O)N2C(C(=O)O)=C(Sc3ccccc3I)CS[C@H]12. The van der Waals surface area contributed by atoms with Crippen molar-refractivity contribution in [2.24, 2.45) is 5.73 Å². The van der Waals surface area contributed by atoms with Gasteiger partial charge in [0.1, 0.15) is 17.1 Å². The largest absolute Gasteiger partial charge is 0.477 e. The molecule has 1 aromatic rings. The van der Waals surface area contributed by atoms with Crippen LogP contribution in [0.2, 0.25) is 0 Å². The van der Waals surface area contributed by atoms with E-state index in [1.807, 2.05) is 24.3 Å². The summed E-state index contributed by atoms with van der Waals surface area (Å²) in [6.45, 7) is 0. The Hall–Kier alpha value is -0.710. The van der Waals surface area contributed by atoms with Crippen molar-refractivity contribution in [3.63, 3.8) is 0 Å². The highest BCUT2D eigenvalue weighted by Crippen LogP contribution is 2.45. The lowest BCUT2D eigenvalue weighted by Gasteiger charge is -2.47. The van der Waals surface area contributed by atoms with Gasteiger partial charge in [-0.25, -0.2) is 4.79 Å². The lowest BCUT2D eigenvalue weighted by Crippen LogP contribution is -2.68. The zero-order chi connectivity index (χ0) is 15.1. The molecular weight excluding hydrogens is 423 g/mol. The Kier molecular flexibility index (Phi) is 4.21. The molecule has 1 aromatic carbocycles. The Morgan fingerprint density at radius 3 is 2.86 bits per heavy atom. The molecular formula is C13H11IN2O3S2. The molecule has 3 rings (SSSR count). The average Bonchev–Trinajstić information content (AvgIpc) is 2.48. The number of carboxylic acid groups (broad SMARTS) is 1. The second kappa shape index (κ2) is 5.82. The summed E-state index contributed by atoms with van der Waals surface area (Å²) in [7, 11) is 0. The van der Waals surface area contributed by atoms with Gasteiger partial charge >= 0.3 is 5.97 Å². The van der Waals surface area contributed by atoms with E-state index in [0.29, 0.717) is 10.7 Å². The molecule has 8 heteroatoms. The highest BCUT2D eigenvalue weighted by molar-refractivity contribution is 14.1. The summed E-state index contributed by atoms with van der Waals surface area (Å²) in [6, 6.07) is 7.16. The first-order chi connectivity index (χ1) is 10.0. The highest BCUT2D eigenvalue weighted by Gasteiger charge is 2.51. The number of carboxylic acids is 1. The fourth-order valence-corrected chi connectivity index (χ4v) is 5.38. The maximum atomic E-state index is 11.9. The summed E-state index contributed by atoms with van der Waals surface area (Å²) in [5, 5.41) is 9.22. The number of β-lactam (4-membered cyclic amide) rings is 1. The standard InChI is InChI=1S/C13H11IN2O3S2/c14-6-3-1-2-4-7(6)21-8-5-20-12-9(15)11(17)16(12)10(8)13(18)19/h1-4,9,12H,5,15H2,(H,18,19)/t9-,12-/m1/s1. The highest BCUT2D eigenvalue weighted by atomic mass is 127. The fourth-order valence-electron chi connectivity index (χ4n) is 2.23. The molecule has 1 amide bonds. The third-order valence-corrected chi connectivity index (χ3v) is 7.20. The third kappa shape index (κ3) is 2.58. The van der Waals surface area contributed by atoms with E-state index < -0.39 is 12.0 Å². The molecule has 0 unspecified atom stereocenters. The Morgan fingerprint density at radius 2 is 2.19 bits per heavy atom. The second-order valence-electron chi connectivity index (χ2n) is 4.55. The Balaban J connectivity index is 1.97. The van der Waals surface area contributed by atoms with Crippen molar-refractivity contribution in [1.82, 2.24) is 4.90 Å². The number of thioether (sulfide) groups is 2. The summed E-state index contributed by atoms with van der Waals surface area (Å²) in [5.41, 5.74) is 5.80. The number of carbonyl (C=O) groups is 2. The fraction of sp³-hybridized carbons (Fsp3) is 0.231. The number of nitrogens with two attached hydrogens (primary N) is 1. The van der Waals surface area contributed by atoms with Gasteiger partial charge in [0.15, 0.2) is 0 Å². The van der Waals surface area contributed by atoms with E-state index in [1.54, 1.807) is 0 Å². The van der Waals surface area contributed by atoms with E-state index in [-0.39, 0.29) is 17.0 Å². The van der Waals surface area contributed by atoms with E-state index in [2.05, 4.69) is 22.6 Å². The van der Waals surface area contributed by atoms with Crippen molar-refractivity contribution in [2.45, 2.75) is 16.3 Å². The quantitative estimate of drug-likeness (QED) is 0.559.